The van der Waals surface area contributed by atoms with Crippen molar-refractivity contribution < 1.29 is 24.6 Å². The number of aliphatic hydroxyl groups excluding tert-OH is 1. The Morgan fingerprint density at radius 1 is 0.878 bits per heavy atom. The lowest BCUT2D eigenvalue weighted by molar-refractivity contribution is -0.149. The smallest absolute Gasteiger partial charge is 0.246 e. The van der Waals surface area contributed by atoms with Gasteiger partial charge in [0.25, 0.3) is 0 Å². The summed E-state index contributed by atoms with van der Waals surface area (Å²) >= 11 is 1.59. The van der Waals surface area contributed by atoms with E-state index in [-0.39, 0.29) is 67.0 Å². The first-order valence-corrected chi connectivity index (χ1v) is 27.2. The first-order valence-electron chi connectivity index (χ1n) is 26.4. The Bertz CT molecular complexity index is 2840. The SMILES string of the molecule is Cc1ncsc1-c1ccc(CNC(=O)[C@@H]2C[C@@H](O)CN2C(=O)[C@@H](NC(=O)CN2CC3(C2)CN(C2CCC(c4cnc(N5C6CCC5CN(c5cc(-c7ccccc7O)nnc5N)C6)nc4)CC2)C3)C(C)(C)C)cc1. The molecule has 18 nitrogen and oxygen atoms in total. The lowest BCUT2D eigenvalue weighted by atomic mass is 9.70. The number of aromatic hydroxyl groups is 1. The first-order chi connectivity index (χ1) is 35.6. The lowest BCUT2D eigenvalue weighted by Gasteiger charge is -2.62. The van der Waals surface area contributed by atoms with Crippen LogP contribution in [-0.2, 0) is 20.9 Å². The van der Waals surface area contributed by atoms with Crippen LogP contribution in [0.15, 0.2) is 72.5 Å². The standard InChI is InChI=1S/C55H69N13O5S/c1-33-48(74-32-60-33)36-11-9-34(10-12-36)21-57-51(72)45-19-41(69)26-67(45)52(73)49(54(2,3)4)61-47(71)27-64-28-55(29-64)30-66(31-55)38-15-13-35(14-16-38)37-22-58-53(59-23-37)68-39-17-18-40(68)25-65(24-39)44-20-43(62-63-50(44)56)42-7-5-6-8-46(42)70/h5-12,20,22-23,32,35,38-41,45,49,69-70H,13-19,21,24-31H2,1-4H3,(H2,56,63)(H,57,72)(H,61,71)/t35?,38?,39?,40?,41-,45+,49-/m1/s1. The fourth-order valence-corrected chi connectivity index (χ4v) is 13.6. The summed E-state index contributed by atoms with van der Waals surface area (Å²) in [6, 6.07) is 16.4. The zero-order valence-electron chi connectivity index (χ0n) is 42.9. The average molecular weight is 1020 g/mol. The largest absolute Gasteiger partial charge is 0.507 e. The van der Waals surface area contributed by atoms with E-state index >= 15 is 0 Å². The molecule has 2 bridgehead atoms. The Morgan fingerprint density at radius 2 is 1.57 bits per heavy atom. The molecule has 6 fully saturated rings. The quantitative estimate of drug-likeness (QED) is 0.105. The maximum atomic E-state index is 14.2. The van der Waals surface area contributed by atoms with Gasteiger partial charge in [0.05, 0.1) is 40.1 Å². The summed E-state index contributed by atoms with van der Waals surface area (Å²) in [5.74, 6) is 0.886. The molecule has 5 aliphatic heterocycles. The fourth-order valence-electron chi connectivity index (χ4n) is 12.8. The van der Waals surface area contributed by atoms with E-state index in [1.54, 1.807) is 23.5 Å². The molecule has 0 radical (unpaired) electrons. The predicted octanol–water partition coefficient (Wildman–Crippen LogP) is 4.96. The van der Waals surface area contributed by atoms with Gasteiger partial charge in [-0.2, -0.15) is 0 Å². The van der Waals surface area contributed by atoms with Crippen LogP contribution in [0.3, 0.4) is 0 Å². The van der Waals surface area contributed by atoms with Gasteiger partial charge in [-0.05, 0) is 91.7 Å². The van der Waals surface area contributed by atoms with Crippen LogP contribution in [-0.4, -0.2) is 156 Å². The number of nitrogens with two attached hydrogens (primary N) is 1. The molecule has 11 rings (SSSR count). The molecule has 3 aromatic heterocycles. The number of aromatic nitrogens is 5. The van der Waals surface area contributed by atoms with Crippen LogP contribution in [0.1, 0.15) is 88.5 Å². The number of phenolic OH excluding ortho intramolecular Hbond substituents is 1. The van der Waals surface area contributed by atoms with Crippen molar-refractivity contribution in [1.82, 2.24) is 50.5 Å². The van der Waals surface area contributed by atoms with Crippen molar-refractivity contribution in [2.24, 2.45) is 10.8 Å². The molecule has 5 aromatic rings. The topological polar surface area (TPSA) is 222 Å². The van der Waals surface area contributed by atoms with Crippen molar-refractivity contribution in [2.75, 3.05) is 67.9 Å². The number of nitrogen functional groups attached to an aromatic ring is 1. The minimum atomic E-state index is -0.866. The van der Waals surface area contributed by atoms with Gasteiger partial charge in [-0.15, -0.1) is 21.5 Å². The van der Waals surface area contributed by atoms with Crippen molar-refractivity contribution in [2.45, 2.75) is 121 Å². The highest BCUT2D eigenvalue weighted by atomic mass is 32.1. The van der Waals surface area contributed by atoms with Crippen LogP contribution in [0.4, 0.5) is 17.5 Å². The molecule has 8 heterocycles. The molecule has 5 saturated heterocycles. The molecule has 19 heteroatoms. The van der Waals surface area contributed by atoms with Crippen molar-refractivity contribution in [3.8, 4) is 27.4 Å². The first kappa shape index (κ1) is 49.9. The highest BCUT2D eigenvalue weighted by Gasteiger charge is 2.54. The van der Waals surface area contributed by atoms with Crippen molar-refractivity contribution in [1.29, 1.82) is 0 Å². The van der Waals surface area contributed by atoms with E-state index in [1.165, 1.54) is 10.5 Å². The highest BCUT2D eigenvalue weighted by molar-refractivity contribution is 7.13. The molecule has 74 heavy (non-hydrogen) atoms. The van der Waals surface area contributed by atoms with Gasteiger partial charge in [-0.1, -0.05) is 57.2 Å². The number of fused-ring (bicyclic) bond motifs is 2. The summed E-state index contributed by atoms with van der Waals surface area (Å²) in [6.07, 6.45) is 10.0. The van der Waals surface area contributed by atoms with Crippen molar-refractivity contribution in [3.05, 3.63) is 89.3 Å². The molecule has 6 aliphatic rings. The van der Waals surface area contributed by atoms with Gasteiger partial charge in [0, 0.05) is 100 Å². The number of likely N-dealkylation sites (tertiary alicyclic amines) is 3. The Morgan fingerprint density at radius 3 is 2.23 bits per heavy atom. The molecule has 1 saturated carbocycles. The van der Waals surface area contributed by atoms with Crippen molar-refractivity contribution in [3.63, 3.8) is 0 Å². The molecular formula is C55H69N13O5S. The minimum Gasteiger partial charge on any atom is -0.507 e. The number of nitrogens with zero attached hydrogens (tertiary/aromatic N) is 10. The van der Waals surface area contributed by atoms with Crippen molar-refractivity contribution >= 4 is 46.5 Å². The number of carbonyl (C=O) groups is 3. The summed E-state index contributed by atoms with van der Waals surface area (Å²) < 4.78 is 0. The Kier molecular flexibility index (Phi) is 13.6. The average Bonchev–Trinajstić information content (AvgIpc) is 4.06. The molecular weight excluding hydrogens is 955 g/mol. The number of nitrogens with one attached hydrogen (secondary N) is 2. The number of rotatable bonds is 13. The van der Waals surface area contributed by atoms with E-state index in [0.29, 0.717) is 29.0 Å². The number of phenols is 1. The molecule has 2 unspecified atom stereocenters. The summed E-state index contributed by atoms with van der Waals surface area (Å²) in [5.41, 5.74) is 14.0. The van der Waals surface area contributed by atoms with E-state index in [9.17, 15) is 24.6 Å². The number of para-hydroxylation sites is 1. The Balaban J connectivity index is 0.617. The maximum Gasteiger partial charge on any atom is 0.246 e. The summed E-state index contributed by atoms with van der Waals surface area (Å²) in [4.78, 5) is 67.8. The molecule has 5 atom stereocenters. The number of hydrogen-bond acceptors (Lipinski definition) is 16. The third-order valence-corrected chi connectivity index (χ3v) is 17.6. The number of aliphatic hydroxyl groups is 1. The number of thiazole rings is 1. The second-order valence-corrected chi connectivity index (χ2v) is 23.9. The lowest BCUT2D eigenvalue weighted by Crippen LogP contribution is -2.74. The summed E-state index contributed by atoms with van der Waals surface area (Å²) in [7, 11) is 0. The van der Waals surface area contributed by atoms with Gasteiger partial charge in [0.1, 0.15) is 17.8 Å². The number of hydrogen-bond donors (Lipinski definition) is 5. The Hall–Kier alpha value is -6.28. The van der Waals surface area contributed by atoms with Gasteiger partial charge in [-0.25, -0.2) is 15.0 Å². The zero-order valence-corrected chi connectivity index (χ0v) is 43.7. The molecule has 3 amide bonds. The maximum absolute atomic E-state index is 14.2. The molecule has 2 aromatic carbocycles. The number of aryl methyl sites for hydroxylation is 1. The van der Waals surface area contributed by atoms with Crippen LogP contribution < -0.4 is 26.2 Å². The van der Waals surface area contributed by atoms with Gasteiger partial charge in [-0.3, -0.25) is 24.2 Å². The Labute approximate surface area is 436 Å². The van der Waals surface area contributed by atoms with Gasteiger partial charge in [0.2, 0.25) is 23.7 Å². The van der Waals surface area contributed by atoms with E-state index in [0.717, 1.165) is 111 Å². The zero-order chi connectivity index (χ0) is 51.5. The summed E-state index contributed by atoms with van der Waals surface area (Å²) in [6.45, 7) is 13.6. The number of anilines is 3. The molecule has 390 valence electrons. The second kappa shape index (κ2) is 20.1. The van der Waals surface area contributed by atoms with E-state index in [2.05, 4.69) is 57.8 Å². The molecule has 6 N–H and O–H groups in total. The van der Waals surface area contributed by atoms with E-state index < -0.39 is 23.6 Å². The number of piperazine rings is 1. The van der Waals surface area contributed by atoms with E-state index in [1.807, 2.05) is 75.7 Å². The van der Waals surface area contributed by atoms with Crippen LogP contribution in [0.25, 0.3) is 21.7 Å². The van der Waals surface area contributed by atoms with Gasteiger partial charge < -0.3 is 41.3 Å². The fraction of sp³-hybridized carbons (Fsp3) is 0.527. The third-order valence-electron chi connectivity index (χ3n) is 16.7. The highest BCUT2D eigenvalue weighted by Crippen LogP contribution is 2.45. The minimum absolute atomic E-state index is 0.0343. The second-order valence-electron chi connectivity index (χ2n) is 23.0. The van der Waals surface area contributed by atoms with Crippen LogP contribution in [0.2, 0.25) is 0 Å². The van der Waals surface area contributed by atoms with Crippen LogP contribution >= 0.6 is 11.3 Å². The normalized spacial score (nSPS) is 25.1. The number of amides is 3. The third kappa shape index (κ3) is 10.0. The molecule has 1 spiro atoms. The molecule has 1 aliphatic carbocycles. The monoisotopic (exact) mass is 1020 g/mol. The van der Waals surface area contributed by atoms with Crippen LogP contribution in [0, 0.1) is 17.8 Å². The number of β-amino-alcohol motifs (C(OH)–C–C–N with tert-alkyl or cyclic N) is 1. The predicted molar refractivity (Wildman–Crippen MR) is 284 cm³/mol. The number of carbonyl (C=O) groups excluding carboxylic acids is 3. The van der Waals surface area contributed by atoms with Crippen LogP contribution in [0.5, 0.6) is 5.75 Å². The summed E-state index contributed by atoms with van der Waals surface area (Å²) in [5, 5.41) is 35.7. The van der Waals surface area contributed by atoms with E-state index in [4.69, 9.17) is 15.7 Å². The van der Waals surface area contributed by atoms with Gasteiger partial charge >= 0.3 is 0 Å². The van der Waals surface area contributed by atoms with Gasteiger partial charge in [0.15, 0.2) is 5.82 Å². The number of benzene rings is 2.